The van der Waals surface area contributed by atoms with Gasteiger partial charge in [-0.15, -0.1) is 0 Å². The van der Waals surface area contributed by atoms with Crippen molar-refractivity contribution >= 4 is 17.4 Å². The zero-order valence-corrected chi connectivity index (χ0v) is 17.9. The first-order valence-electron chi connectivity index (χ1n) is 10.3. The molecule has 7 nitrogen and oxygen atoms in total. The molecule has 0 spiro atoms. The van der Waals surface area contributed by atoms with Crippen molar-refractivity contribution in [3.63, 3.8) is 0 Å². The fraction of sp³-hybridized carbons (Fsp3) is 0.478. The van der Waals surface area contributed by atoms with Crippen molar-refractivity contribution < 1.29 is 19.2 Å². The molecule has 1 aliphatic heterocycles. The van der Waals surface area contributed by atoms with Crippen LogP contribution in [-0.2, 0) is 14.3 Å². The molecule has 1 aromatic rings. The van der Waals surface area contributed by atoms with Gasteiger partial charge in [0, 0.05) is 35.0 Å². The summed E-state index contributed by atoms with van der Waals surface area (Å²) in [7, 11) is 0. The minimum Gasteiger partial charge on any atom is -0.462 e. The van der Waals surface area contributed by atoms with Gasteiger partial charge in [-0.1, -0.05) is 45.4 Å². The van der Waals surface area contributed by atoms with Gasteiger partial charge in [-0.05, 0) is 25.2 Å². The number of esters is 1. The van der Waals surface area contributed by atoms with Gasteiger partial charge < -0.3 is 10.1 Å². The summed E-state index contributed by atoms with van der Waals surface area (Å²) in [5.41, 5.74) is 2.02. The Morgan fingerprint density at radius 1 is 1.30 bits per heavy atom. The van der Waals surface area contributed by atoms with Gasteiger partial charge in [0.2, 0.25) is 0 Å². The number of ether oxygens (including phenoxy) is 1. The van der Waals surface area contributed by atoms with E-state index in [1.807, 2.05) is 20.8 Å². The lowest BCUT2D eigenvalue weighted by Crippen LogP contribution is -2.38. The van der Waals surface area contributed by atoms with Crippen molar-refractivity contribution in [2.45, 2.75) is 59.3 Å². The van der Waals surface area contributed by atoms with Crippen LogP contribution in [0.5, 0.6) is 0 Å². The topological polar surface area (TPSA) is 98.5 Å². The van der Waals surface area contributed by atoms with E-state index in [0.29, 0.717) is 29.7 Å². The number of nitro groups is 1. The molecule has 1 N–H and O–H groups in total. The summed E-state index contributed by atoms with van der Waals surface area (Å²) in [6, 6.07) is 6.30. The van der Waals surface area contributed by atoms with E-state index < -0.39 is 16.8 Å². The van der Waals surface area contributed by atoms with E-state index in [1.54, 1.807) is 25.1 Å². The van der Waals surface area contributed by atoms with E-state index in [9.17, 15) is 19.7 Å². The Balaban J connectivity index is 2.17. The van der Waals surface area contributed by atoms with Crippen molar-refractivity contribution in [2.24, 2.45) is 5.41 Å². The molecule has 1 aliphatic carbocycles. The van der Waals surface area contributed by atoms with Crippen molar-refractivity contribution in [3.05, 3.63) is 62.5 Å². The van der Waals surface area contributed by atoms with Gasteiger partial charge in [0.25, 0.3) is 5.69 Å². The molecule has 0 amide bonds. The predicted molar refractivity (Wildman–Crippen MR) is 113 cm³/mol. The summed E-state index contributed by atoms with van der Waals surface area (Å²) in [6.07, 6.45) is 2.55. The number of benzene rings is 1. The average molecular weight is 412 g/mol. The lowest BCUT2D eigenvalue weighted by atomic mass is 9.68. The molecule has 0 unspecified atom stereocenters. The number of nitrogens with one attached hydrogen (secondary N) is 1. The molecule has 0 radical (unpaired) electrons. The zero-order chi connectivity index (χ0) is 22.1. The molecule has 7 heteroatoms. The van der Waals surface area contributed by atoms with Crippen LogP contribution in [0.4, 0.5) is 5.69 Å². The molecular formula is C23H28N2O5. The number of allylic oxidation sites excluding steroid dienone is 3. The van der Waals surface area contributed by atoms with Gasteiger partial charge in [0.05, 0.1) is 23.0 Å². The van der Waals surface area contributed by atoms with Crippen LogP contribution in [-0.4, -0.2) is 23.3 Å². The first kappa shape index (κ1) is 21.7. The summed E-state index contributed by atoms with van der Waals surface area (Å²) in [6.45, 7) is 8.06. The van der Waals surface area contributed by atoms with Gasteiger partial charge in [-0.3, -0.25) is 14.9 Å². The normalized spacial score (nSPS) is 20.5. The fourth-order valence-corrected chi connectivity index (χ4v) is 4.30. The minimum atomic E-state index is -0.819. The third-order valence-corrected chi connectivity index (χ3v) is 5.64. The number of hydrogen-bond acceptors (Lipinski definition) is 6. The number of nitro benzene ring substituents is 1. The number of nitrogens with zero attached hydrogens (tertiary/aromatic N) is 1. The van der Waals surface area contributed by atoms with Crippen LogP contribution in [0.15, 0.2) is 46.8 Å². The second-order valence-corrected chi connectivity index (χ2v) is 8.74. The van der Waals surface area contributed by atoms with Crippen LogP contribution in [0, 0.1) is 15.5 Å². The Morgan fingerprint density at radius 2 is 2.00 bits per heavy atom. The molecule has 30 heavy (non-hydrogen) atoms. The van der Waals surface area contributed by atoms with Crippen LogP contribution in [0.3, 0.4) is 0 Å². The molecule has 3 rings (SSSR count). The summed E-state index contributed by atoms with van der Waals surface area (Å²) in [5.74, 6) is -1.45. The third-order valence-electron chi connectivity index (χ3n) is 5.64. The zero-order valence-electron chi connectivity index (χ0n) is 17.9. The van der Waals surface area contributed by atoms with E-state index in [0.717, 1.165) is 18.5 Å². The first-order chi connectivity index (χ1) is 14.2. The van der Waals surface area contributed by atoms with Crippen LogP contribution < -0.4 is 5.32 Å². The van der Waals surface area contributed by atoms with Gasteiger partial charge >= 0.3 is 5.97 Å². The number of carbonyl (C=O) groups excluding carboxylic acids is 2. The van der Waals surface area contributed by atoms with E-state index in [1.165, 1.54) is 6.07 Å². The Labute approximate surface area is 176 Å². The fourth-order valence-electron chi connectivity index (χ4n) is 4.30. The van der Waals surface area contributed by atoms with E-state index in [4.69, 9.17) is 4.74 Å². The lowest BCUT2D eigenvalue weighted by Gasteiger charge is -2.39. The molecule has 0 bridgehead atoms. The van der Waals surface area contributed by atoms with Gasteiger partial charge in [0.1, 0.15) is 0 Å². The smallest absolute Gasteiger partial charge is 0.336 e. The minimum absolute atomic E-state index is 0.0942. The Bertz CT molecular complexity index is 958. The third kappa shape index (κ3) is 4.15. The molecule has 160 valence electrons. The molecule has 1 aromatic carbocycles. The Kier molecular flexibility index (Phi) is 6.10. The SMILES string of the molecule is CCCCOC(=O)C1=C(C)NC2=C(C(=O)CC(C)(C)C2)[C@@H]1c1ccccc1[N+](=O)[O-]. The van der Waals surface area contributed by atoms with Crippen LogP contribution in [0.25, 0.3) is 0 Å². The molecule has 0 aromatic heterocycles. The van der Waals surface area contributed by atoms with Crippen LogP contribution in [0.2, 0.25) is 0 Å². The highest BCUT2D eigenvalue weighted by Gasteiger charge is 2.44. The number of carbonyl (C=O) groups is 2. The number of rotatable bonds is 6. The van der Waals surface area contributed by atoms with Gasteiger partial charge in [-0.25, -0.2) is 4.79 Å². The standard InChI is InChI=1S/C23H28N2O5/c1-5-6-11-30-22(27)19-14(2)24-16-12-23(3,4)13-18(26)21(16)20(19)15-9-7-8-10-17(15)25(28)29/h7-10,20,24H,5-6,11-13H2,1-4H3/t20-/m1/s1. The van der Waals surface area contributed by atoms with Crippen molar-refractivity contribution in [3.8, 4) is 0 Å². The van der Waals surface area contributed by atoms with Crippen molar-refractivity contribution in [2.75, 3.05) is 6.61 Å². The number of Topliss-reactive ketones (excluding diaryl/α,β-unsaturated/α-hetero) is 1. The monoisotopic (exact) mass is 412 g/mol. The van der Waals surface area contributed by atoms with Gasteiger partial charge in [-0.2, -0.15) is 0 Å². The molecule has 0 fully saturated rings. The van der Waals surface area contributed by atoms with Crippen molar-refractivity contribution in [1.82, 2.24) is 5.32 Å². The first-order valence-corrected chi connectivity index (χ1v) is 10.3. The number of unbranched alkanes of at least 4 members (excludes halogenated alkanes) is 1. The van der Waals surface area contributed by atoms with E-state index in [2.05, 4.69) is 5.32 Å². The molecular weight excluding hydrogens is 384 g/mol. The second kappa shape index (κ2) is 8.42. The van der Waals surface area contributed by atoms with Crippen molar-refractivity contribution in [1.29, 1.82) is 0 Å². The molecule has 1 heterocycles. The number of ketones is 1. The number of dihydropyridines is 1. The summed E-state index contributed by atoms with van der Waals surface area (Å²) >= 11 is 0. The van der Waals surface area contributed by atoms with Crippen LogP contribution >= 0.6 is 0 Å². The van der Waals surface area contributed by atoms with Crippen LogP contribution in [0.1, 0.15) is 64.9 Å². The summed E-state index contributed by atoms with van der Waals surface area (Å²) in [4.78, 5) is 37.5. The highest BCUT2D eigenvalue weighted by atomic mass is 16.6. The summed E-state index contributed by atoms with van der Waals surface area (Å²) < 4.78 is 5.46. The van der Waals surface area contributed by atoms with E-state index >= 15 is 0 Å². The molecule has 0 saturated heterocycles. The maximum absolute atomic E-state index is 13.2. The maximum Gasteiger partial charge on any atom is 0.336 e. The lowest BCUT2D eigenvalue weighted by molar-refractivity contribution is -0.385. The molecule has 1 atom stereocenters. The maximum atomic E-state index is 13.2. The highest BCUT2D eigenvalue weighted by Crippen LogP contribution is 2.48. The number of hydrogen-bond donors (Lipinski definition) is 1. The Hall–Kier alpha value is -2.96. The predicted octanol–water partition coefficient (Wildman–Crippen LogP) is 4.54. The largest absolute Gasteiger partial charge is 0.462 e. The summed E-state index contributed by atoms with van der Waals surface area (Å²) in [5, 5.41) is 15.0. The Morgan fingerprint density at radius 3 is 2.67 bits per heavy atom. The molecule has 0 saturated carbocycles. The quantitative estimate of drug-likeness (QED) is 0.319. The average Bonchev–Trinajstić information content (AvgIpc) is 2.65. The van der Waals surface area contributed by atoms with E-state index in [-0.39, 0.29) is 29.1 Å². The number of para-hydroxylation sites is 1. The molecule has 2 aliphatic rings. The highest BCUT2D eigenvalue weighted by molar-refractivity contribution is 6.04. The van der Waals surface area contributed by atoms with Gasteiger partial charge in [0.15, 0.2) is 5.78 Å². The second-order valence-electron chi connectivity index (χ2n) is 8.74.